The van der Waals surface area contributed by atoms with E-state index in [2.05, 4.69) is 9.69 Å². The van der Waals surface area contributed by atoms with Crippen molar-refractivity contribution in [3.63, 3.8) is 0 Å². The SMILES string of the molecule is CCOC1=CC(=[N+]=[N-])C(OCC)C(N2CCOCC2)=C1. The second-order valence-electron chi connectivity index (χ2n) is 4.51. The molecule has 1 aliphatic heterocycles. The Morgan fingerprint density at radius 3 is 2.65 bits per heavy atom. The van der Waals surface area contributed by atoms with Gasteiger partial charge < -0.3 is 24.6 Å². The summed E-state index contributed by atoms with van der Waals surface area (Å²) in [4.78, 5) is 5.56. The van der Waals surface area contributed by atoms with Crippen LogP contribution in [0.5, 0.6) is 0 Å². The molecule has 1 atom stereocenters. The molecular weight excluding hydrogens is 258 g/mol. The molecule has 0 N–H and O–H groups in total. The van der Waals surface area contributed by atoms with Gasteiger partial charge in [-0.3, -0.25) is 0 Å². The van der Waals surface area contributed by atoms with Crippen molar-refractivity contribution in [2.45, 2.75) is 20.0 Å². The highest BCUT2D eigenvalue weighted by Gasteiger charge is 2.34. The van der Waals surface area contributed by atoms with Gasteiger partial charge in [0.05, 0.1) is 31.6 Å². The standard InChI is InChI=1S/C14H21N3O3/c1-3-19-11-9-12(16-15)14(20-4-2)13(10-11)17-5-7-18-8-6-17/h9-10,14H,3-8H2,1-2H3. The molecule has 6 heteroatoms. The van der Waals surface area contributed by atoms with Crippen LogP contribution in [0.25, 0.3) is 5.53 Å². The monoisotopic (exact) mass is 279 g/mol. The van der Waals surface area contributed by atoms with Crippen LogP contribution in [-0.4, -0.2) is 61.0 Å². The van der Waals surface area contributed by atoms with Crippen molar-refractivity contribution in [2.24, 2.45) is 0 Å². The predicted octanol–water partition coefficient (Wildman–Crippen LogP) is 1.21. The average Bonchev–Trinajstić information content (AvgIpc) is 2.49. The summed E-state index contributed by atoms with van der Waals surface area (Å²) in [5, 5.41) is 0. The molecule has 0 aromatic carbocycles. The summed E-state index contributed by atoms with van der Waals surface area (Å²) in [5.74, 6) is 0.692. The van der Waals surface area contributed by atoms with E-state index in [0.29, 0.717) is 37.9 Å². The van der Waals surface area contributed by atoms with Crippen molar-refractivity contribution in [3.8, 4) is 0 Å². The van der Waals surface area contributed by atoms with Crippen LogP contribution in [-0.2, 0) is 14.2 Å². The Labute approximate surface area is 119 Å². The fourth-order valence-corrected chi connectivity index (χ4v) is 2.38. The van der Waals surface area contributed by atoms with E-state index in [1.807, 2.05) is 19.9 Å². The molecule has 6 nitrogen and oxygen atoms in total. The average molecular weight is 279 g/mol. The van der Waals surface area contributed by atoms with Gasteiger partial charge in [-0.15, -0.1) is 0 Å². The van der Waals surface area contributed by atoms with Crippen LogP contribution >= 0.6 is 0 Å². The molecule has 0 radical (unpaired) electrons. The zero-order chi connectivity index (χ0) is 14.4. The lowest BCUT2D eigenvalue weighted by Crippen LogP contribution is -2.43. The number of allylic oxidation sites excluding steroid dienone is 1. The third-order valence-electron chi connectivity index (χ3n) is 3.25. The summed E-state index contributed by atoms with van der Waals surface area (Å²) in [7, 11) is 0. The number of morpholine rings is 1. The van der Waals surface area contributed by atoms with E-state index in [4.69, 9.17) is 14.2 Å². The van der Waals surface area contributed by atoms with Gasteiger partial charge in [0.15, 0.2) is 6.10 Å². The zero-order valence-electron chi connectivity index (χ0n) is 12.0. The van der Waals surface area contributed by atoms with E-state index < -0.39 is 0 Å². The molecule has 1 aliphatic carbocycles. The van der Waals surface area contributed by atoms with Gasteiger partial charge in [-0.2, -0.15) is 4.79 Å². The van der Waals surface area contributed by atoms with E-state index in [9.17, 15) is 5.53 Å². The van der Waals surface area contributed by atoms with Crippen molar-refractivity contribution in [2.75, 3.05) is 39.5 Å². The second-order valence-corrected chi connectivity index (χ2v) is 4.51. The Morgan fingerprint density at radius 2 is 2.05 bits per heavy atom. The fraction of sp³-hybridized carbons (Fsp3) is 0.643. The molecular formula is C14H21N3O3. The summed E-state index contributed by atoms with van der Waals surface area (Å²) in [6.45, 7) is 7.94. The maximum absolute atomic E-state index is 9.23. The molecule has 1 heterocycles. The summed E-state index contributed by atoms with van der Waals surface area (Å²) < 4.78 is 16.7. The molecule has 0 aromatic rings. The summed E-state index contributed by atoms with van der Waals surface area (Å²) in [6, 6.07) is 0. The van der Waals surface area contributed by atoms with E-state index in [-0.39, 0.29) is 6.10 Å². The van der Waals surface area contributed by atoms with Crippen LogP contribution in [0.1, 0.15) is 13.8 Å². The Balaban J connectivity index is 2.29. The highest BCUT2D eigenvalue weighted by atomic mass is 16.5. The van der Waals surface area contributed by atoms with Gasteiger partial charge in [-0.25, -0.2) is 0 Å². The highest BCUT2D eigenvalue weighted by Crippen LogP contribution is 2.23. The van der Waals surface area contributed by atoms with Crippen LogP contribution in [0.3, 0.4) is 0 Å². The molecule has 1 unspecified atom stereocenters. The maximum Gasteiger partial charge on any atom is 0.330 e. The molecule has 110 valence electrons. The first-order chi connectivity index (χ1) is 9.80. The quantitative estimate of drug-likeness (QED) is 0.560. The number of rotatable bonds is 5. The van der Waals surface area contributed by atoms with Gasteiger partial charge in [-0.05, 0) is 13.8 Å². The first kappa shape index (κ1) is 14.8. The molecule has 0 aromatic heterocycles. The van der Waals surface area contributed by atoms with Crippen LogP contribution < -0.4 is 0 Å². The molecule has 0 amide bonds. The van der Waals surface area contributed by atoms with Crippen molar-refractivity contribution in [3.05, 3.63) is 29.1 Å². The lowest BCUT2D eigenvalue weighted by atomic mass is 10.0. The zero-order valence-corrected chi connectivity index (χ0v) is 12.0. The van der Waals surface area contributed by atoms with Gasteiger partial charge in [0.25, 0.3) is 0 Å². The normalized spacial score (nSPS) is 23.0. The van der Waals surface area contributed by atoms with Crippen molar-refractivity contribution < 1.29 is 19.0 Å². The van der Waals surface area contributed by atoms with Crippen LogP contribution in [0.2, 0.25) is 0 Å². The Morgan fingerprint density at radius 1 is 1.30 bits per heavy atom. The van der Waals surface area contributed by atoms with Gasteiger partial charge in [-0.1, -0.05) is 0 Å². The Hall–Kier alpha value is -1.62. The predicted molar refractivity (Wildman–Crippen MR) is 74.2 cm³/mol. The highest BCUT2D eigenvalue weighted by molar-refractivity contribution is 5.98. The number of hydrogen-bond acceptors (Lipinski definition) is 4. The van der Waals surface area contributed by atoms with Crippen LogP contribution in [0.4, 0.5) is 0 Å². The van der Waals surface area contributed by atoms with E-state index in [1.54, 1.807) is 6.08 Å². The number of nitrogens with zero attached hydrogens (tertiary/aromatic N) is 3. The van der Waals surface area contributed by atoms with Crippen molar-refractivity contribution in [1.82, 2.24) is 4.90 Å². The third kappa shape index (κ3) is 3.28. The van der Waals surface area contributed by atoms with Crippen LogP contribution in [0.15, 0.2) is 23.6 Å². The van der Waals surface area contributed by atoms with Crippen molar-refractivity contribution >= 4 is 5.71 Å². The Kier molecular flexibility index (Phi) is 5.35. The molecule has 1 fully saturated rings. The topological polar surface area (TPSA) is 67.3 Å². The molecule has 0 bridgehead atoms. The summed E-state index contributed by atoms with van der Waals surface area (Å²) in [5.41, 5.74) is 10.7. The fourth-order valence-electron chi connectivity index (χ4n) is 2.38. The minimum Gasteiger partial charge on any atom is -0.494 e. The largest absolute Gasteiger partial charge is 0.494 e. The van der Waals surface area contributed by atoms with E-state index >= 15 is 0 Å². The first-order valence-electron chi connectivity index (χ1n) is 7.02. The lowest BCUT2D eigenvalue weighted by Gasteiger charge is -2.34. The van der Waals surface area contributed by atoms with Gasteiger partial charge >= 0.3 is 5.71 Å². The van der Waals surface area contributed by atoms with Gasteiger partial charge in [0.2, 0.25) is 0 Å². The second kappa shape index (κ2) is 7.24. The number of ether oxygens (including phenoxy) is 3. The molecule has 20 heavy (non-hydrogen) atoms. The minimum absolute atomic E-state index is 0.354. The summed E-state index contributed by atoms with van der Waals surface area (Å²) in [6.07, 6.45) is 3.32. The molecule has 1 saturated heterocycles. The number of hydrogen-bond donors (Lipinski definition) is 0. The maximum atomic E-state index is 9.23. The molecule has 0 saturated carbocycles. The smallest absolute Gasteiger partial charge is 0.330 e. The van der Waals surface area contributed by atoms with E-state index in [1.165, 1.54) is 0 Å². The third-order valence-corrected chi connectivity index (χ3v) is 3.25. The lowest BCUT2D eigenvalue weighted by molar-refractivity contribution is -0.0297. The minimum atomic E-state index is -0.354. The molecule has 2 aliphatic rings. The van der Waals surface area contributed by atoms with Gasteiger partial charge in [0, 0.05) is 25.8 Å². The first-order valence-corrected chi connectivity index (χ1v) is 7.02. The summed E-state index contributed by atoms with van der Waals surface area (Å²) >= 11 is 0. The van der Waals surface area contributed by atoms with Gasteiger partial charge in [0.1, 0.15) is 5.76 Å². The molecule has 0 spiro atoms. The Bertz CT molecular complexity index is 447. The van der Waals surface area contributed by atoms with Crippen LogP contribution in [0, 0.1) is 0 Å². The molecule has 2 rings (SSSR count). The van der Waals surface area contributed by atoms with Crippen molar-refractivity contribution in [1.29, 1.82) is 0 Å². The van der Waals surface area contributed by atoms with E-state index in [0.717, 1.165) is 18.8 Å².